The SMILES string of the molecule is Cc1cc(C)cc(NCCCCS(=O)(=O)O)c1.[NaH]. The molecule has 0 fully saturated rings. The number of aryl methyl sites for hydroxylation is 2. The van der Waals surface area contributed by atoms with Gasteiger partial charge in [-0.05, 0) is 49.9 Å². The van der Waals surface area contributed by atoms with Crippen molar-refractivity contribution in [2.45, 2.75) is 26.7 Å². The zero-order valence-electron chi connectivity index (χ0n) is 10.2. The maximum atomic E-state index is 10.5. The molecule has 1 aromatic rings. The van der Waals surface area contributed by atoms with E-state index in [9.17, 15) is 8.42 Å². The van der Waals surface area contributed by atoms with Gasteiger partial charge in [-0.2, -0.15) is 8.42 Å². The quantitative estimate of drug-likeness (QED) is 0.473. The molecule has 18 heavy (non-hydrogen) atoms. The van der Waals surface area contributed by atoms with Crippen molar-refractivity contribution >= 4 is 45.4 Å². The summed E-state index contributed by atoms with van der Waals surface area (Å²) in [5.41, 5.74) is 3.45. The predicted octanol–water partition coefficient (Wildman–Crippen LogP) is 1.73. The number of hydrogen-bond donors (Lipinski definition) is 2. The van der Waals surface area contributed by atoms with Crippen LogP contribution < -0.4 is 5.32 Å². The summed E-state index contributed by atoms with van der Waals surface area (Å²) in [5.74, 6) is -0.165. The zero-order chi connectivity index (χ0) is 12.9. The van der Waals surface area contributed by atoms with Crippen molar-refractivity contribution in [1.29, 1.82) is 0 Å². The summed E-state index contributed by atoms with van der Waals surface area (Å²) in [4.78, 5) is 0. The summed E-state index contributed by atoms with van der Waals surface area (Å²) >= 11 is 0. The van der Waals surface area contributed by atoms with Crippen molar-refractivity contribution in [1.82, 2.24) is 0 Å². The van der Waals surface area contributed by atoms with Gasteiger partial charge < -0.3 is 5.32 Å². The third-order valence-corrected chi connectivity index (χ3v) is 3.18. The van der Waals surface area contributed by atoms with Gasteiger partial charge in [0.2, 0.25) is 0 Å². The first-order chi connectivity index (χ1) is 7.87. The average Bonchev–Trinajstić information content (AvgIpc) is 2.13. The summed E-state index contributed by atoms with van der Waals surface area (Å²) in [6.45, 7) is 4.78. The van der Waals surface area contributed by atoms with Crippen LogP contribution in [-0.2, 0) is 10.1 Å². The normalized spacial score (nSPS) is 10.8. The van der Waals surface area contributed by atoms with E-state index in [4.69, 9.17) is 4.55 Å². The zero-order valence-corrected chi connectivity index (χ0v) is 11.0. The van der Waals surface area contributed by atoms with E-state index in [1.54, 1.807) is 0 Å². The first-order valence-corrected chi connectivity index (χ1v) is 7.25. The number of anilines is 1. The standard InChI is InChI=1S/C12H19NO3S.Na.H/c1-10-7-11(2)9-12(8-10)13-5-3-4-6-17(14,15)16;;/h7-9,13H,3-6H2,1-2H3,(H,14,15,16);;. The van der Waals surface area contributed by atoms with Crippen LogP contribution in [0.2, 0.25) is 0 Å². The fourth-order valence-corrected chi connectivity index (χ4v) is 2.29. The Morgan fingerprint density at radius 3 is 2.17 bits per heavy atom. The van der Waals surface area contributed by atoms with Gasteiger partial charge in [-0.1, -0.05) is 6.07 Å². The summed E-state index contributed by atoms with van der Waals surface area (Å²) in [7, 11) is -3.81. The van der Waals surface area contributed by atoms with E-state index in [1.807, 2.05) is 13.8 Å². The molecule has 0 atom stereocenters. The molecule has 0 saturated heterocycles. The third kappa shape index (κ3) is 8.11. The molecule has 6 heteroatoms. The maximum absolute atomic E-state index is 10.5. The Labute approximate surface area is 131 Å². The van der Waals surface area contributed by atoms with Crippen LogP contribution in [0.4, 0.5) is 5.69 Å². The first kappa shape index (κ1) is 17.9. The van der Waals surface area contributed by atoms with Gasteiger partial charge in [0.1, 0.15) is 0 Å². The Balaban J connectivity index is 0.00000289. The van der Waals surface area contributed by atoms with Crippen molar-refractivity contribution < 1.29 is 13.0 Å². The monoisotopic (exact) mass is 281 g/mol. The predicted molar refractivity (Wildman–Crippen MR) is 77.2 cm³/mol. The van der Waals surface area contributed by atoms with Gasteiger partial charge in [0.25, 0.3) is 10.1 Å². The summed E-state index contributed by atoms with van der Waals surface area (Å²) in [6.07, 6.45) is 1.18. The molecule has 98 valence electrons. The Morgan fingerprint density at radius 1 is 1.11 bits per heavy atom. The molecule has 4 nitrogen and oxygen atoms in total. The van der Waals surface area contributed by atoms with Crippen LogP contribution >= 0.6 is 0 Å². The first-order valence-electron chi connectivity index (χ1n) is 5.64. The summed E-state index contributed by atoms with van der Waals surface area (Å²) in [6, 6.07) is 6.20. The number of benzene rings is 1. The van der Waals surface area contributed by atoms with Gasteiger partial charge in [-0.3, -0.25) is 4.55 Å². The van der Waals surface area contributed by atoms with E-state index >= 15 is 0 Å². The molecule has 1 rings (SSSR count). The molecule has 1 aromatic carbocycles. The van der Waals surface area contributed by atoms with Crippen LogP contribution in [0, 0.1) is 13.8 Å². The molecule has 0 bridgehead atoms. The second-order valence-electron chi connectivity index (χ2n) is 4.30. The molecule has 0 aliphatic carbocycles. The molecule has 0 radical (unpaired) electrons. The average molecular weight is 281 g/mol. The van der Waals surface area contributed by atoms with Gasteiger partial charge in [-0.25, -0.2) is 0 Å². The molecule has 0 saturated carbocycles. The van der Waals surface area contributed by atoms with Gasteiger partial charge >= 0.3 is 29.6 Å². The van der Waals surface area contributed by atoms with E-state index < -0.39 is 10.1 Å². The van der Waals surface area contributed by atoms with Crippen LogP contribution in [0.25, 0.3) is 0 Å². The Morgan fingerprint density at radius 2 is 1.67 bits per heavy atom. The van der Waals surface area contributed by atoms with Crippen molar-refractivity contribution in [3.63, 3.8) is 0 Å². The minimum atomic E-state index is -3.81. The van der Waals surface area contributed by atoms with Crippen LogP contribution in [0.15, 0.2) is 18.2 Å². The van der Waals surface area contributed by atoms with E-state index in [0.29, 0.717) is 19.4 Å². The number of hydrogen-bond acceptors (Lipinski definition) is 3. The summed E-state index contributed by atoms with van der Waals surface area (Å²) in [5, 5.41) is 3.24. The second-order valence-corrected chi connectivity index (χ2v) is 5.87. The van der Waals surface area contributed by atoms with Crippen molar-refractivity contribution in [2.24, 2.45) is 0 Å². The molecule has 0 heterocycles. The van der Waals surface area contributed by atoms with Crippen LogP contribution in [0.1, 0.15) is 24.0 Å². The Bertz CT molecular complexity index is 454. The molecule has 0 unspecified atom stereocenters. The second kappa shape index (κ2) is 8.17. The number of nitrogens with one attached hydrogen (secondary N) is 1. The van der Waals surface area contributed by atoms with E-state index in [0.717, 1.165) is 5.69 Å². The Kier molecular flexibility index (Phi) is 8.14. The fourth-order valence-electron chi connectivity index (χ4n) is 1.72. The van der Waals surface area contributed by atoms with Crippen LogP contribution in [0.5, 0.6) is 0 Å². The number of unbranched alkanes of at least 4 members (excludes halogenated alkanes) is 1. The molecule has 0 aromatic heterocycles. The van der Waals surface area contributed by atoms with Crippen molar-refractivity contribution in [3.05, 3.63) is 29.3 Å². The van der Waals surface area contributed by atoms with Gasteiger partial charge in [0, 0.05) is 12.2 Å². The van der Waals surface area contributed by atoms with E-state index in [-0.39, 0.29) is 35.3 Å². The molecule has 0 aliphatic heterocycles. The van der Waals surface area contributed by atoms with Crippen molar-refractivity contribution in [3.8, 4) is 0 Å². The van der Waals surface area contributed by atoms with E-state index in [2.05, 4.69) is 23.5 Å². The molecule has 0 amide bonds. The van der Waals surface area contributed by atoms with Crippen LogP contribution in [0.3, 0.4) is 0 Å². The molecule has 0 spiro atoms. The van der Waals surface area contributed by atoms with Gasteiger partial charge in [0.15, 0.2) is 0 Å². The number of rotatable bonds is 6. The van der Waals surface area contributed by atoms with E-state index in [1.165, 1.54) is 11.1 Å². The molecular weight excluding hydrogens is 261 g/mol. The molecular formula is C12H20NNaO3S. The summed E-state index contributed by atoms with van der Waals surface area (Å²) < 4.78 is 29.5. The van der Waals surface area contributed by atoms with Crippen molar-refractivity contribution in [2.75, 3.05) is 17.6 Å². The Hall–Kier alpha value is -0.0700. The molecule has 2 N–H and O–H groups in total. The third-order valence-electron chi connectivity index (χ3n) is 2.38. The van der Waals surface area contributed by atoms with Gasteiger partial charge in [0.05, 0.1) is 5.75 Å². The topological polar surface area (TPSA) is 66.4 Å². The minimum absolute atomic E-state index is 0. The van der Waals surface area contributed by atoms with Gasteiger partial charge in [-0.15, -0.1) is 0 Å². The van der Waals surface area contributed by atoms with Crippen LogP contribution in [-0.4, -0.2) is 54.8 Å². The fraction of sp³-hybridized carbons (Fsp3) is 0.500. The molecule has 0 aliphatic rings.